The van der Waals surface area contributed by atoms with Crippen LogP contribution in [-0.4, -0.2) is 30.2 Å². The van der Waals surface area contributed by atoms with Crippen LogP contribution in [0, 0.1) is 10.1 Å². The lowest BCUT2D eigenvalue weighted by atomic mass is 10.2. The minimum atomic E-state index is -0.789. The first-order valence-corrected chi connectivity index (χ1v) is 6.02. The van der Waals surface area contributed by atoms with E-state index < -0.39 is 17.0 Å². The molecule has 0 spiro atoms. The van der Waals surface area contributed by atoms with Gasteiger partial charge in [-0.15, -0.1) is 0 Å². The van der Waals surface area contributed by atoms with Gasteiger partial charge in [0.2, 0.25) is 12.3 Å². The average molecular weight is 279 g/mol. The Balaban J connectivity index is 2.11. The molecule has 0 radical (unpaired) electrons. The molecule has 0 aliphatic carbocycles. The molecule has 0 amide bonds. The molecule has 1 aromatic carbocycles. The molecule has 20 heavy (non-hydrogen) atoms. The van der Waals surface area contributed by atoms with E-state index in [4.69, 9.17) is 14.2 Å². The Morgan fingerprint density at radius 3 is 3.05 bits per heavy atom. The van der Waals surface area contributed by atoms with Crippen LogP contribution in [0.4, 0.5) is 0 Å². The Bertz CT molecular complexity index is 554. The third-order valence-corrected chi connectivity index (χ3v) is 2.57. The molecule has 1 atom stereocenters. The van der Waals surface area contributed by atoms with Crippen molar-refractivity contribution in [3.8, 4) is 11.5 Å². The van der Waals surface area contributed by atoms with E-state index in [1.165, 1.54) is 6.08 Å². The number of rotatable bonds is 4. The number of fused-ring (bicyclic) bond motifs is 1. The number of carbonyl (C=O) groups is 1. The monoisotopic (exact) mass is 279 g/mol. The van der Waals surface area contributed by atoms with Crippen molar-refractivity contribution in [2.24, 2.45) is 0 Å². The average Bonchev–Trinajstić information content (AvgIpc) is 2.44. The smallest absolute Gasteiger partial charge is 0.350 e. The molecule has 7 nitrogen and oxygen atoms in total. The Morgan fingerprint density at radius 1 is 1.55 bits per heavy atom. The number of nitrogens with zero attached hydrogens (tertiary/aromatic N) is 1. The van der Waals surface area contributed by atoms with Crippen molar-refractivity contribution in [1.82, 2.24) is 0 Å². The summed E-state index contributed by atoms with van der Waals surface area (Å²) >= 11 is 0. The molecule has 106 valence electrons. The van der Waals surface area contributed by atoms with E-state index >= 15 is 0 Å². The molecular formula is C13H13NO6. The molecule has 0 saturated carbocycles. The second kappa shape index (κ2) is 6.05. The normalized spacial score (nSPS) is 16.9. The van der Waals surface area contributed by atoms with Gasteiger partial charge in [-0.05, 0) is 24.6 Å². The lowest BCUT2D eigenvalue weighted by Gasteiger charge is -2.25. The van der Waals surface area contributed by atoms with Crippen LogP contribution in [0.25, 0.3) is 6.08 Å². The fraction of sp³-hybridized carbons (Fsp3) is 0.308. The highest BCUT2D eigenvalue weighted by Gasteiger charge is 2.28. The molecule has 1 heterocycles. The predicted molar refractivity (Wildman–Crippen MR) is 69.0 cm³/mol. The minimum Gasteiger partial charge on any atom is -0.485 e. The molecule has 0 N–H and O–H groups in total. The highest BCUT2D eigenvalue weighted by Crippen LogP contribution is 2.33. The minimum absolute atomic E-state index is 0.0498. The zero-order chi connectivity index (χ0) is 14.5. The maximum Gasteiger partial charge on any atom is 0.350 e. The van der Waals surface area contributed by atoms with Crippen LogP contribution in [0.1, 0.15) is 12.5 Å². The van der Waals surface area contributed by atoms with Crippen LogP contribution in [0.5, 0.6) is 11.5 Å². The standard InChI is InChI=1S/C13H13NO6/c1-2-18-13(15)12-8-19-11-7-9(5-6-14(16)17)3-4-10(11)20-12/h3-7,12H,2,8H2,1H3. The lowest BCUT2D eigenvalue weighted by molar-refractivity contribution is -0.400. The van der Waals surface area contributed by atoms with Crippen LogP contribution >= 0.6 is 0 Å². The zero-order valence-corrected chi connectivity index (χ0v) is 10.8. The lowest BCUT2D eigenvalue weighted by Crippen LogP contribution is -2.37. The number of ether oxygens (including phenoxy) is 3. The van der Waals surface area contributed by atoms with Crippen molar-refractivity contribution >= 4 is 12.0 Å². The first kappa shape index (κ1) is 13.9. The highest BCUT2D eigenvalue weighted by molar-refractivity contribution is 5.76. The third-order valence-electron chi connectivity index (χ3n) is 2.57. The van der Waals surface area contributed by atoms with Crippen molar-refractivity contribution in [2.75, 3.05) is 13.2 Å². The Kier molecular flexibility index (Phi) is 4.19. The molecule has 2 rings (SSSR count). The van der Waals surface area contributed by atoms with Crippen molar-refractivity contribution in [3.05, 3.63) is 40.1 Å². The van der Waals surface area contributed by atoms with E-state index in [0.29, 0.717) is 17.1 Å². The largest absolute Gasteiger partial charge is 0.485 e. The van der Waals surface area contributed by atoms with Gasteiger partial charge in [-0.25, -0.2) is 4.79 Å². The Morgan fingerprint density at radius 2 is 2.35 bits per heavy atom. The number of benzene rings is 1. The van der Waals surface area contributed by atoms with Crippen LogP contribution in [0.2, 0.25) is 0 Å². The first-order valence-electron chi connectivity index (χ1n) is 6.02. The van der Waals surface area contributed by atoms with E-state index in [0.717, 1.165) is 6.20 Å². The number of hydrogen-bond donors (Lipinski definition) is 0. The molecule has 0 fully saturated rings. The Hall–Kier alpha value is -2.57. The highest BCUT2D eigenvalue weighted by atomic mass is 16.6. The maximum atomic E-state index is 11.5. The van der Waals surface area contributed by atoms with E-state index in [2.05, 4.69) is 0 Å². The molecule has 0 bridgehead atoms. The molecular weight excluding hydrogens is 266 g/mol. The third kappa shape index (κ3) is 3.25. The van der Waals surface area contributed by atoms with E-state index in [9.17, 15) is 14.9 Å². The summed E-state index contributed by atoms with van der Waals surface area (Å²) in [4.78, 5) is 21.2. The van der Waals surface area contributed by atoms with Crippen molar-refractivity contribution in [1.29, 1.82) is 0 Å². The molecule has 1 aliphatic heterocycles. The van der Waals surface area contributed by atoms with Gasteiger partial charge in [0.25, 0.3) is 0 Å². The van der Waals surface area contributed by atoms with Crippen molar-refractivity contribution in [3.63, 3.8) is 0 Å². The fourth-order valence-corrected chi connectivity index (χ4v) is 1.69. The number of carbonyl (C=O) groups excluding carboxylic acids is 1. The van der Waals surface area contributed by atoms with Gasteiger partial charge < -0.3 is 14.2 Å². The molecule has 1 aliphatic rings. The maximum absolute atomic E-state index is 11.5. The van der Waals surface area contributed by atoms with Gasteiger partial charge in [-0.1, -0.05) is 6.07 Å². The van der Waals surface area contributed by atoms with Gasteiger partial charge in [0.1, 0.15) is 6.61 Å². The molecule has 1 unspecified atom stereocenters. The SMILES string of the molecule is CCOC(=O)C1COc2cc(C=C[N+](=O)[O-])ccc2O1. The van der Waals surface area contributed by atoms with Gasteiger partial charge in [-0.2, -0.15) is 0 Å². The molecule has 7 heteroatoms. The van der Waals surface area contributed by atoms with Gasteiger partial charge >= 0.3 is 5.97 Å². The van der Waals surface area contributed by atoms with Crippen LogP contribution in [0.15, 0.2) is 24.4 Å². The van der Waals surface area contributed by atoms with Crippen molar-refractivity contribution < 1.29 is 23.9 Å². The summed E-state index contributed by atoms with van der Waals surface area (Å²) in [5, 5.41) is 10.3. The van der Waals surface area contributed by atoms with Gasteiger partial charge in [0.15, 0.2) is 11.5 Å². The van der Waals surface area contributed by atoms with Crippen molar-refractivity contribution in [2.45, 2.75) is 13.0 Å². The second-order valence-corrected chi connectivity index (χ2v) is 3.98. The van der Waals surface area contributed by atoms with Crippen LogP contribution in [-0.2, 0) is 9.53 Å². The van der Waals surface area contributed by atoms with Gasteiger partial charge in [-0.3, -0.25) is 10.1 Å². The van der Waals surface area contributed by atoms with Gasteiger partial charge in [0, 0.05) is 6.08 Å². The summed E-state index contributed by atoms with van der Waals surface area (Å²) in [7, 11) is 0. The summed E-state index contributed by atoms with van der Waals surface area (Å²) in [6, 6.07) is 4.84. The number of hydrogen-bond acceptors (Lipinski definition) is 6. The Labute approximate surface area is 114 Å². The molecule has 0 aromatic heterocycles. The van der Waals surface area contributed by atoms with Crippen LogP contribution < -0.4 is 9.47 Å². The molecule has 1 aromatic rings. The summed E-state index contributed by atoms with van der Waals surface area (Å²) in [6.45, 7) is 2.04. The number of esters is 1. The van der Waals surface area contributed by atoms with Gasteiger partial charge in [0.05, 0.1) is 11.5 Å². The predicted octanol–water partition coefficient (Wildman–Crippen LogP) is 1.64. The zero-order valence-electron chi connectivity index (χ0n) is 10.8. The first-order chi connectivity index (χ1) is 9.60. The quantitative estimate of drug-likeness (QED) is 0.473. The molecule has 0 saturated heterocycles. The second-order valence-electron chi connectivity index (χ2n) is 3.98. The van der Waals surface area contributed by atoms with E-state index in [1.807, 2.05) is 0 Å². The van der Waals surface area contributed by atoms with E-state index in [1.54, 1.807) is 25.1 Å². The summed E-state index contributed by atoms with van der Waals surface area (Å²) < 4.78 is 15.7. The number of nitro groups is 1. The topological polar surface area (TPSA) is 87.9 Å². The van der Waals surface area contributed by atoms with Crippen LogP contribution in [0.3, 0.4) is 0 Å². The summed E-state index contributed by atoms with van der Waals surface area (Å²) in [5.74, 6) is 0.374. The summed E-state index contributed by atoms with van der Waals surface area (Å²) in [5.41, 5.74) is 0.610. The van der Waals surface area contributed by atoms with E-state index in [-0.39, 0.29) is 13.2 Å². The fourth-order valence-electron chi connectivity index (χ4n) is 1.69. The summed E-state index contributed by atoms with van der Waals surface area (Å²) in [6.07, 6.45) is 1.40.